The number of benzene rings is 2. The predicted molar refractivity (Wildman–Crippen MR) is 110 cm³/mol. The molecule has 1 unspecified atom stereocenters. The first kappa shape index (κ1) is 20.5. The summed E-state index contributed by atoms with van der Waals surface area (Å²) in [5, 5.41) is 10.3. The van der Waals surface area contributed by atoms with Crippen molar-refractivity contribution in [2.24, 2.45) is 5.41 Å². The average Bonchev–Trinajstić information content (AvgIpc) is 2.74. The van der Waals surface area contributed by atoms with E-state index in [9.17, 15) is 5.11 Å². The van der Waals surface area contributed by atoms with Crippen molar-refractivity contribution in [1.82, 2.24) is 4.90 Å². The van der Waals surface area contributed by atoms with Crippen LogP contribution in [-0.4, -0.2) is 51.0 Å². The Labute approximate surface area is 167 Å². The van der Waals surface area contributed by atoms with Crippen LogP contribution in [0.2, 0.25) is 0 Å². The van der Waals surface area contributed by atoms with Gasteiger partial charge in [-0.2, -0.15) is 0 Å². The van der Waals surface area contributed by atoms with Gasteiger partial charge in [0.2, 0.25) is 0 Å². The number of ether oxygens (including phenoxy) is 3. The summed E-state index contributed by atoms with van der Waals surface area (Å²) in [6.07, 6.45) is 3.00. The topological polar surface area (TPSA) is 51.2 Å². The third-order valence-electron chi connectivity index (χ3n) is 5.68. The number of nitrogens with zero attached hydrogens (tertiary/aromatic N) is 1. The second-order valence-electron chi connectivity index (χ2n) is 7.65. The fraction of sp³-hybridized carbons (Fsp3) is 0.478. The number of piperidine rings is 1. The molecule has 1 heterocycles. The normalized spacial score (nSPS) is 20.0. The molecule has 0 saturated carbocycles. The van der Waals surface area contributed by atoms with Crippen LogP contribution >= 0.6 is 0 Å². The van der Waals surface area contributed by atoms with Crippen molar-refractivity contribution in [3.05, 3.63) is 53.6 Å². The number of hydrogen-bond acceptors (Lipinski definition) is 5. The van der Waals surface area contributed by atoms with Crippen molar-refractivity contribution in [2.75, 3.05) is 41.0 Å². The third-order valence-corrected chi connectivity index (χ3v) is 5.68. The molecular weight excluding hydrogens is 354 g/mol. The van der Waals surface area contributed by atoms with E-state index in [1.54, 1.807) is 21.3 Å². The first-order valence-electron chi connectivity index (χ1n) is 9.79. The first-order valence-corrected chi connectivity index (χ1v) is 9.79. The summed E-state index contributed by atoms with van der Waals surface area (Å²) in [6, 6.07) is 14.3. The van der Waals surface area contributed by atoms with Gasteiger partial charge in [0.05, 0.1) is 27.9 Å². The number of hydrogen-bond donors (Lipinski definition) is 1. The molecule has 0 aromatic heterocycles. The van der Waals surface area contributed by atoms with E-state index in [0.717, 1.165) is 50.2 Å². The molecule has 3 rings (SSSR count). The summed E-state index contributed by atoms with van der Waals surface area (Å²) in [6.45, 7) is 2.81. The second kappa shape index (κ2) is 9.30. The van der Waals surface area contributed by atoms with Crippen LogP contribution < -0.4 is 14.2 Å². The molecule has 28 heavy (non-hydrogen) atoms. The fourth-order valence-corrected chi connectivity index (χ4v) is 4.26. The van der Waals surface area contributed by atoms with Crippen molar-refractivity contribution < 1.29 is 19.3 Å². The van der Waals surface area contributed by atoms with Crippen molar-refractivity contribution in [3.63, 3.8) is 0 Å². The minimum absolute atomic E-state index is 0.108. The highest BCUT2D eigenvalue weighted by atomic mass is 16.5. The van der Waals surface area contributed by atoms with Crippen LogP contribution in [0.3, 0.4) is 0 Å². The van der Waals surface area contributed by atoms with Crippen LogP contribution in [0.15, 0.2) is 42.5 Å². The molecule has 0 amide bonds. The van der Waals surface area contributed by atoms with Crippen LogP contribution in [0.25, 0.3) is 0 Å². The molecule has 1 aliphatic rings. The van der Waals surface area contributed by atoms with E-state index in [4.69, 9.17) is 14.2 Å². The van der Waals surface area contributed by atoms with E-state index in [1.807, 2.05) is 18.2 Å². The van der Waals surface area contributed by atoms with Gasteiger partial charge in [-0.25, -0.2) is 0 Å². The van der Waals surface area contributed by atoms with Crippen molar-refractivity contribution in [2.45, 2.75) is 25.8 Å². The number of likely N-dealkylation sites (tertiary alicyclic amines) is 1. The van der Waals surface area contributed by atoms with Crippen LogP contribution in [-0.2, 0) is 13.0 Å². The molecule has 1 N–H and O–H groups in total. The zero-order chi connectivity index (χ0) is 20.0. The smallest absolute Gasteiger partial charge is 0.164 e. The average molecular weight is 386 g/mol. The van der Waals surface area contributed by atoms with Crippen molar-refractivity contribution >= 4 is 0 Å². The van der Waals surface area contributed by atoms with E-state index in [2.05, 4.69) is 29.2 Å². The number of rotatable bonds is 8. The summed E-state index contributed by atoms with van der Waals surface area (Å²) in [5.41, 5.74) is 2.24. The van der Waals surface area contributed by atoms with Crippen LogP contribution in [0.1, 0.15) is 24.0 Å². The molecule has 2 aromatic rings. The van der Waals surface area contributed by atoms with Gasteiger partial charge in [-0.05, 0) is 37.4 Å². The Hall–Kier alpha value is -2.24. The minimum atomic E-state index is -0.108. The molecule has 0 bridgehead atoms. The van der Waals surface area contributed by atoms with Gasteiger partial charge >= 0.3 is 0 Å². The van der Waals surface area contributed by atoms with Crippen molar-refractivity contribution in [3.8, 4) is 17.2 Å². The SMILES string of the molecule is COc1cc(OC)c(OC)cc1CN1CCCC(CO)(Cc2ccccc2)C1. The molecule has 0 radical (unpaired) electrons. The lowest BCUT2D eigenvalue weighted by atomic mass is 9.75. The molecule has 152 valence electrons. The maximum absolute atomic E-state index is 10.3. The van der Waals surface area contributed by atoms with E-state index in [1.165, 1.54) is 5.56 Å². The zero-order valence-corrected chi connectivity index (χ0v) is 17.1. The van der Waals surface area contributed by atoms with Gasteiger partial charge in [-0.15, -0.1) is 0 Å². The Morgan fingerprint density at radius 1 is 0.964 bits per heavy atom. The molecule has 1 fully saturated rings. The minimum Gasteiger partial charge on any atom is -0.496 e. The van der Waals surface area contributed by atoms with Crippen LogP contribution in [0, 0.1) is 5.41 Å². The van der Waals surface area contributed by atoms with Gasteiger partial charge < -0.3 is 19.3 Å². The molecule has 0 spiro atoms. The zero-order valence-electron chi connectivity index (χ0n) is 17.1. The summed E-state index contributed by atoms with van der Waals surface area (Å²) in [7, 11) is 4.95. The standard InChI is InChI=1S/C23H31NO4/c1-26-20-13-22(28-3)21(27-2)12-19(20)15-24-11-7-10-23(16-24,17-25)14-18-8-5-4-6-9-18/h4-6,8-9,12-13,25H,7,10-11,14-17H2,1-3H3. The van der Waals surface area contributed by atoms with Gasteiger partial charge in [-0.1, -0.05) is 30.3 Å². The summed E-state index contributed by atoms with van der Waals surface area (Å²) < 4.78 is 16.4. The van der Waals surface area contributed by atoms with Crippen molar-refractivity contribution in [1.29, 1.82) is 0 Å². The fourth-order valence-electron chi connectivity index (χ4n) is 4.26. The Morgan fingerprint density at radius 3 is 2.29 bits per heavy atom. The number of methoxy groups -OCH3 is 3. The van der Waals surface area contributed by atoms with E-state index >= 15 is 0 Å². The Balaban J connectivity index is 1.79. The van der Waals surface area contributed by atoms with Gasteiger partial charge in [0.25, 0.3) is 0 Å². The lowest BCUT2D eigenvalue weighted by Crippen LogP contribution is -2.46. The molecule has 1 saturated heterocycles. The van der Waals surface area contributed by atoms with Gasteiger partial charge in [0, 0.05) is 30.1 Å². The predicted octanol–water partition coefficient (Wildman–Crippen LogP) is 3.53. The quantitative estimate of drug-likeness (QED) is 0.753. The maximum atomic E-state index is 10.3. The summed E-state index contributed by atoms with van der Waals surface area (Å²) >= 11 is 0. The second-order valence-corrected chi connectivity index (χ2v) is 7.65. The molecule has 1 aliphatic heterocycles. The van der Waals surface area contributed by atoms with E-state index < -0.39 is 0 Å². The summed E-state index contributed by atoms with van der Waals surface area (Å²) in [4.78, 5) is 2.41. The Kier molecular flexibility index (Phi) is 6.81. The molecule has 0 aliphatic carbocycles. The van der Waals surface area contributed by atoms with Crippen LogP contribution in [0.4, 0.5) is 0 Å². The maximum Gasteiger partial charge on any atom is 0.164 e. The number of aliphatic hydroxyl groups is 1. The van der Waals surface area contributed by atoms with Gasteiger partial charge in [0.15, 0.2) is 11.5 Å². The highest BCUT2D eigenvalue weighted by Gasteiger charge is 2.35. The molecule has 1 atom stereocenters. The lowest BCUT2D eigenvalue weighted by Gasteiger charge is -2.42. The van der Waals surface area contributed by atoms with E-state index in [-0.39, 0.29) is 12.0 Å². The largest absolute Gasteiger partial charge is 0.496 e. The molecular formula is C23H31NO4. The van der Waals surface area contributed by atoms with Gasteiger partial charge in [-0.3, -0.25) is 4.90 Å². The highest BCUT2D eigenvalue weighted by Crippen LogP contribution is 2.38. The third kappa shape index (κ3) is 4.59. The Bertz CT molecular complexity index is 765. The lowest BCUT2D eigenvalue weighted by molar-refractivity contribution is 0.0285. The number of aliphatic hydroxyl groups excluding tert-OH is 1. The van der Waals surface area contributed by atoms with Gasteiger partial charge in [0.1, 0.15) is 5.75 Å². The van der Waals surface area contributed by atoms with Crippen LogP contribution in [0.5, 0.6) is 17.2 Å². The molecule has 5 heteroatoms. The highest BCUT2D eigenvalue weighted by molar-refractivity contribution is 5.50. The summed E-state index contributed by atoms with van der Waals surface area (Å²) in [5.74, 6) is 2.16. The molecule has 2 aromatic carbocycles. The van der Waals surface area contributed by atoms with E-state index in [0.29, 0.717) is 11.5 Å². The monoisotopic (exact) mass is 385 g/mol. The molecule has 5 nitrogen and oxygen atoms in total. The Morgan fingerprint density at radius 2 is 1.64 bits per heavy atom. The first-order chi connectivity index (χ1) is 13.6.